The van der Waals surface area contributed by atoms with Gasteiger partial charge >= 0.3 is 5.97 Å². The molecule has 2 rings (SSSR count). The van der Waals surface area contributed by atoms with Crippen LogP contribution in [0.3, 0.4) is 0 Å². The third kappa shape index (κ3) is 3.53. The fourth-order valence-corrected chi connectivity index (χ4v) is 2.32. The van der Waals surface area contributed by atoms with Gasteiger partial charge < -0.3 is 10.0 Å². The molecule has 0 aromatic heterocycles. The Balaban J connectivity index is 1.80. The third-order valence-corrected chi connectivity index (χ3v) is 3.35. The molecule has 102 valence electrons. The number of benzene rings is 1. The average Bonchev–Trinajstić information content (AvgIpc) is 2.71. The molecule has 1 amide bonds. The molecule has 0 bridgehead atoms. The normalized spacial score (nSPS) is 18.9. The molecule has 4 nitrogen and oxygen atoms in total. The van der Waals surface area contributed by atoms with Crippen molar-refractivity contribution in [3.63, 3.8) is 0 Å². The van der Waals surface area contributed by atoms with Crippen LogP contribution in [0.1, 0.15) is 18.4 Å². The van der Waals surface area contributed by atoms with Crippen LogP contribution in [0.2, 0.25) is 0 Å². The first-order chi connectivity index (χ1) is 9.06. The quantitative estimate of drug-likeness (QED) is 0.881. The Hall–Kier alpha value is -1.91. The van der Waals surface area contributed by atoms with Crippen molar-refractivity contribution in [2.75, 3.05) is 13.1 Å². The van der Waals surface area contributed by atoms with Gasteiger partial charge in [-0.1, -0.05) is 12.1 Å². The van der Waals surface area contributed by atoms with E-state index in [9.17, 15) is 14.0 Å². The summed E-state index contributed by atoms with van der Waals surface area (Å²) in [5.41, 5.74) is 0.890. The van der Waals surface area contributed by atoms with Gasteiger partial charge in [0.2, 0.25) is 5.91 Å². The lowest BCUT2D eigenvalue weighted by atomic mass is 10.1. The van der Waals surface area contributed by atoms with E-state index in [1.807, 2.05) is 6.07 Å². The highest BCUT2D eigenvalue weighted by Crippen LogP contribution is 2.18. The fraction of sp³-hybridized carbons (Fsp3) is 0.429. The maximum Gasteiger partial charge on any atom is 0.308 e. The summed E-state index contributed by atoms with van der Waals surface area (Å²) in [4.78, 5) is 24.0. The molecule has 1 aliphatic rings. The van der Waals surface area contributed by atoms with Crippen LogP contribution in [0, 0.1) is 11.7 Å². The van der Waals surface area contributed by atoms with E-state index in [2.05, 4.69) is 0 Å². The van der Waals surface area contributed by atoms with Gasteiger partial charge in [-0.3, -0.25) is 9.59 Å². The van der Waals surface area contributed by atoms with E-state index in [4.69, 9.17) is 5.11 Å². The zero-order valence-electron chi connectivity index (χ0n) is 10.5. The number of aliphatic carboxylic acids is 1. The Bertz CT molecular complexity index is 489. The molecule has 1 saturated heterocycles. The molecule has 1 heterocycles. The molecule has 0 aliphatic carbocycles. The number of carboxylic acid groups (broad SMARTS) is 1. The van der Waals surface area contributed by atoms with Crippen molar-refractivity contribution < 1.29 is 19.1 Å². The van der Waals surface area contributed by atoms with Crippen LogP contribution in [0.25, 0.3) is 0 Å². The Morgan fingerprint density at radius 2 is 2.26 bits per heavy atom. The molecular weight excluding hydrogens is 249 g/mol. The summed E-state index contributed by atoms with van der Waals surface area (Å²) in [6, 6.07) is 6.37. The third-order valence-electron chi connectivity index (χ3n) is 3.35. The van der Waals surface area contributed by atoms with Crippen molar-refractivity contribution in [2.45, 2.75) is 19.3 Å². The minimum Gasteiger partial charge on any atom is -0.481 e. The molecular formula is C14H16FNO3. The molecule has 0 spiro atoms. The van der Waals surface area contributed by atoms with Crippen molar-refractivity contribution in [1.29, 1.82) is 0 Å². The summed E-state index contributed by atoms with van der Waals surface area (Å²) in [7, 11) is 0. The number of hydrogen-bond acceptors (Lipinski definition) is 2. The summed E-state index contributed by atoms with van der Waals surface area (Å²) in [6.07, 6.45) is 1.48. The first-order valence-electron chi connectivity index (χ1n) is 6.31. The molecule has 1 unspecified atom stereocenters. The van der Waals surface area contributed by atoms with E-state index in [1.54, 1.807) is 11.0 Å². The number of carbonyl (C=O) groups excluding carboxylic acids is 1. The molecule has 1 aromatic rings. The zero-order valence-corrected chi connectivity index (χ0v) is 10.5. The van der Waals surface area contributed by atoms with Crippen molar-refractivity contribution >= 4 is 11.9 Å². The molecule has 1 atom stereocenters. The maximum absolute atomic E-state index is 13.0. The van der Waals surface area contributed by atoms with E-state index in [1.165, 1.54) is 12.1 Å². The SMILES string of the molecule is O=C(O)C1CC(=O)N(CCCc2cccc(F)c2)C1. The predicted molar refractivity (Wildman–Crippen MR) is 67.0 cm³/mol. The second-order valence-electron chi connectivity index (χ2n) is 4.81. The largest absolute Gasteiger partial charge is 0.481 e. The lowest BCUT2D eigenvalue weighted by Crippen LogP contribution is -2.27. The number of aryl methyl sites for hydroxylation is 1. The Labute approximate surface area is 110 Å². The van der Waals surface area contributed by atoms with Gasteiger partial charge in [-0.05, 0) is 30.5 Å². The van der Waals surface area contributed by atoms with Crippen LogP contribution in [0.15, 0.2) is 24.3 Å². The smallest absolute Gasteiger partial charge is 0.308 e. The highest BCUT2D eigenvalue weighted by Gasteiger charge is 2.33. The van der Waals surface area contributed by atoms with E-state index in [0.717, 1.165) is 5.56 Å². The molecule has 1 fully saturated rings. The number of carbonyl (C=O) groups is 2. The van der Waals surface area contributed by atoms with E-state index >= 15 is 0 Å². The molecule has 19 heavy (non-hydrogen) atoms. The van der Waals surface area contributed by atoms with Crippen LogP contribution in [-0.2, 0) is 16.0 Å². The van der Waals surface area contributed by atoms with Gasteiger partial charge in [-0.25, -0.2) is 4.39 Å². The number of carboxylic acids is 1. The predicted octanol–water partition coefficient (Wildman–Crippen LogP) is 1.69. The van der Waals surface area contributed by atoms with Crippen molar-refractivity contribution in [3.8, 4) is 0 Å². The minimum atomic E-state index is -0.916. The lowest BCUT2D eigenvalue weighted by Gasteiger charge is -2.15. The molecule has 5 heteroatoms. The standard InChI is InChI=1S/C14H16FNO3/c15-12-5-1-3-10(7-12)4-2-6-16-9-11(14(18)19)8-13(16)17/h1,3,5,7,11H,2,4,6,8-9H2,(H,18,19). The summed E-state index contributed by atoms with van der Waals surface area (Å²) < 4.78 is 13.0. The van der Waals surface area contributed by atoms with Gasteiger partial charge in [0.15, 0.2) is 0 Å². The summed E-state index contributed by atoms with van der Waals surface area (Å²) in [5, 5.41) is 8.86. The number of hydrogen-bond donors (Lipinski definition) is 1. The van der Waals surface area contributed by atoms with E-state index < -0.39 is 11.9 Å². The van der Waals surface area contributed by atoms with Gasteiger partial charge in [-0.15, -0.1) is 0 Å². The number of likely N-dealkylation sites (tertiary alicyclic amines) is 1. The minimum absolute atomic E-state index is 0.0926. The van der Waals surface area contributed by atoms with Gasteiger partial charge in [-0.2, -0.15) is 0 Å². The van der Waals surface area contributed by atoms with Crippen LogP contribution in [0.5, 0.6) is 0 Å². The van der Waals surface area contributed by atoms with E-state index in [0.29, 0.717) is 19.4 Å². The summed E-state index contributed by atoms with van der Waals surface area (Å²) >= 11 is 0. The van der Waals surface area contributed by atoms with Crippen LogP contribution < -0.4 is 0 Å². The van der Waals surface area contributed by atoms with Gasteiger partial charge in [0.1, 0.15) is 5.82 Å². The van der Waals surface area contributed by atoms with Crippen molar-refractivity contribution in [3.05, 3.63) is 35.6 Å². The molecule has 1 aliphatic heterocycles. The molecule has 0 radical (unpaired) electrons. The highest BCUT2D eigenvalue weighted by molar-refractivity contribution is 5.86. The van der Waals surface area contributed by atoms with Gasteiger partial charge in [0, 0.05) is 19.5 Å². The van der Waals surface area contributed by atoms with Crippen LogP contribution >= 0.6 is 0 Å². The number of rotatable bonds is 5. The number of halogens is 1. The van der Waals surface area contributed by atoms with Crippen LogP contribution in [-0.4, -0.2) is 35.0 Å². The molecule has 1 aromatic carbocycles. The zero-order chi connectivity index (χ0) is 13.8. The van der Waals surface area contributed by atoms with Gasteiger partial charge in [0.05, 0.1) is 5.92 Å². The highest BCUT2D eigenvalue weighted by atomic mass is 19.1. The Kier molecular flexibility index (Phi) is 4.14. The number of nitrogens with zero attached hydrogens (tertiary/aromatic N) is 1. The van der Waals surface area contributed by atoms with Crippen molar-refractivity contribution in [2.24, 2.45) is 5.92 Å². The molecule has 0 saturated carbocycles. The summed E-state index contributed by atoms with van der Waals surface area (Å²) in [6.45, 7) is 0.816. The second kappa shape index (κ2) is 5.82. The fourth-order valence-electron chi connectivity index (χ4n) is 2.32. The first-order valence-corrected chi connectivity index (χ1v) is 6.31. The number of amides is 1. The molecule has 1 N–H and O–H groups in total. The second-order valence-corrected chi connectivity index (χ2v) is 4.81. The van der Waals surface area contributed by atoms with E-state index in [-0.39, 0.29) is 24.7 Å². The lowest BCUT2D eigenvalue weighted by molar-refractivity contribution is -0.141. The Morgan fingerprint density at radius 3 is 2.89 bits per heavy atom. The van der Waals surface area contributed by atoms with Crippen molar-refractivity contribution in [1.82, 2.24) is 4.90 Å². The average molecular weight is 265 g/mol. The monoisotopic (exact) mass is 265 g/mol. The Morgan fingerprint density at radius 1 is 1.47 bits per heavy atom. The topological polar surface area (TPSA) is 57.6 Å². The first kappa shape index (κ1) is 13.5. The van der Waals surface area contributed by atoms with Gasteiger partial charge in [0.25, 0.3) is 0 Å². The summed E-state index contributed by atoms with van der Waals surface area (Å²) in [5.74, 6) is -1.87. The van der Waals surface area contributed by atoms with Crippen LogP contribution in [0.4, 0.5) is 4.39 Å². The maximum atomic E-state index is 13.0.